The second-order valence-electron chi connectivity index (χ2n) is 5.38. The van der Waals surface area contributed by atoms with Crippen molar-refractivity contribution < 1.29 is 9.15 Å². The smallest absolute Gasteiger partial charge is 0.142 e. The maximum Gasteiger partial charge on any atom is 0.142 e. The number of rotatable bonds is 6. The van der Waals surface area contributed by atoms with E-state index in [1.807, 2.05) is 12.1 Å². The van der Waals surface area contributed by atoms with Crippen molar-refractivity contribution >= 4 is 5.69 Å². The first kappa shape index (κ1) is 14.0. The molecule has 2 heterocycles. The molecule has 1 N–H and O–H groups in total. The van der Waals surface area contributed by atoms with Crippen LogP contribution in [-0.2, 0) is 13.1 Å². The van der Waals surface area contributed by atoms with Crippen molar-refractivity contribution in [2.24, 2.45) is 0 Å². The molecule has 3 rings (SSSR count). The van der Waals surface area contributed by atoms with Crippen LogP contribution in [0, 0.1) is 0 Å². The summed E-state index contributed by atoms with van der Waals surface area (Å²) in [6.07, 6.45) is 4.25. The average molecular weight is 286 g/mol. The van der Waals surface area contributed by atoms with Gasteiger partial charge >= 0.3 is 0 Å². The van der Waals surface area contributed by atoms with Gasteiger partial charge in [0.05, 0.1) is 25.6 Å². The minimum absolute atomic E-state index is 0.739. The number of nitrogens with one attached hydrogen (secondary N) is 1. The Morgan fingerprint density at radius 3 is 2.76 bits per heavy atom. The van der Waals surface area contributed by atoms with E-state index in [0.29, 0.717) is 0 Å². The van der Waals surface area contributed by atoms with E-state index in [-0.39, 0.29) is 0 Å². The molecule has 1 aliphatic heterocycles. The number of nitrogens with zero attached hydrogens (tertiary/aromatic N) is 1. The Morgan fingerprint density at radius 1 is 1.19 bits per heavy atom. The Balaban J connectivity index is 1.63. The summed E-state index contributed by atoms with van der Waals surface area (Å²) in [5.41, 5.74) is 2.44. The van der Waals surface area contributed by atoms with Gasteiger partial charge in [-0.3, -0.25) is 0 Å². The third-order valence-electron chi connectivity index (χ3n) is 3.90. The second-order valence-corrected chi connectivity index (χ2v) is 5.38. The van der Waals surface area contributed by atoms with Crippen LogP contribution in [0.25, 0.3) is 0 Å². The highest BCUT2D eigenvalue weighted by atomic mass is 16.5. The molecule has 0 atom stereocenters. The lowest BCUT2D eigenvalue weighted by Crippen LogP contribution is -2.19. The van der Waals surface area contributed by atoms with E-state index in [4.69, 9.17) is 9.15 Å². The molecular weight excluding hydrogens is 264 g/mol. The molecule has 1 saturated heterocycles. The highest BCUT2D eigenvalue weighted by Crippen LogP contribution is 2.31. The summed E-state index contributed by atoms with van der Waals surface area (Å²) in [6.45, 7) is 3.80. The molecule has 112 valence electrons. The minimum atomic E-state index is 0.739. The van der Waals surface area contributed by atoms with E-state index in [0.717, 1.165) is 37.7 Å². The highest BCUT2D eigenvalue weighted by Gasteiger charge is 2.16. The summed E-state index contributed by atoms with van der Waals surface area (Å²) in [4.78, 5) is 2.40. The zero-order valence-corrected chi connectivity index (χ0v) is 12.5. The van der Waals surface area contributed by atoms with Gasteiger partial charge < -0.3 is 19.4 Å². The molecule has 0 spiro atoms. The van der Waals surface area contributed by atoms with Gasteiger partial charge in [0.2, 0.25) is 0 Å². The first-order valence-corrected chi connectivity index (χ1v) is 7.52. The van der Waals surface area contributed by atoms with Crippen molar-refractivity contribution in [2.75, 3.05) is 25.1 Å². The molecule has 21 heavy (non-hydrogen) atoms. The first-order valence-electron chi connectivity index (χ1n) is 7.52. The molecule has 4 nitrogen and oxygen atoms in total. The van der Waals surface area contributed by atoms with Crippen LogP contribution in [0.15, 0.2) is 41.0 Å². The van der Waals surface area contributed by atoms with E-state index in [1.54, 1.807) is 13.4 Å². The van der Waals surface area contributed by atoms with Gasteiger partial charge in [-0.25, -0.2) is 0 Å². The minimum Gasteiger partial charge on any atom is -0.495 e. The normalized spacial score (nSPS) is 14.6. The zero-order valence-electron chi connectivity index (χ0n) is 12.5. The van der Waals surface area contributed by atoms with Crippen LogP contribution in [0.2, 0.25) is 0 Å². The molecule has 0 aliphatic carbocycles. The van der Waals surface area contributed by atoms with E-state index in [2.05, 4.69) is 28.4 Å². The summed E-state index contributed by atoms with van der Waals surface area (Å²) in [5, 5.41) is 3.38. The van der Waals surface area contributed by atoms with Crippen molar-refractivity contribution in [3.8, 4) is 5.75 Å². The van der Waals surface area contributed by atoms with Gasteiger partial charge in [-0.2, -0.15) is 0 Å². The lowest BCUT2D eigenvalue weighted by molar-refractivity contribution is 0.414. The van der Waals surface area contributed by atoms with Gasteiger partial charge in [0.25, 0.3) is 0 Å². The number of methoxy groups -OCH3 is 1. The van der Waals surface area contributed by atoms with Gasteiger partial charge in [0.15, 0.2) is 0 Å². The quantitative estimate of drug-likeness (QED) is 0.885. The molecule has 0 radical (unpaired) electrons. The van der Waals surface area contributed by atoms with Gasteiger partial charge in [-0.15, -0.1) is 0 Å². The van der Waals surface area contributed by atoms with Crippen LogP contribution in [0.4, 0.5) is 5.69 Å². The van der Waals surface area contributed by atoms with Gasteiger partial charge in [-0.1, -0.05) is 6.07 Å². The molecule has 0 saturated carbocycles. The predicted molar refractivity (Wildman–Crippen MR) is 83.7 cm³/mol. The van der Waals surface area contributed by atoms with Crippen molar-refractivity contribution in [2.45, 2.75) is 25.9 Å². The molecular formula is C17H22N2O2. The van der Waals surface area contributed by atoms with Crippen LogP contribution in [0.5, 0.6) is 5.75 Å². The number of anilines is 1. The number of hydrogen-bond donors (Lipinski definition) is 1. The average Bonchev–Trinajstić information content (AvgIpc) is 3.20. The third kappa shape index (κ3) is 3.39. The van der Waals surface area contributed by atoms with Crippen LogP contribution in [0.3, 0.4) is 0 Å². The van der Waals surface area contributed by atoms with Gasteiger partial charge in [0.1, 0.15) is 11.5 Å². The van der Waals surface area contributed by atoms with Crippen molar-refractivity contribution in [3.63, 3.8) is 0 Å². The molecule has 0 bridgehead atoms. The third-order valence-corrected chi connectivity index (χ3v) is 3.90. The number of furan rings is 1. The largest absolute Gasteiger partial charge is 0.495 e. The molecule has 2 aromatic rings. The SMILES string of the molecule is COc1cc(CNCc2ccco2)ccc1N1CCCC1. The number of ether oxygens (including phenoxy) is 1. The van der Waals surface area contributed by atoms with Crippen molar-refractivity contribution in [1.82, 2.24) is 5.32 Å². The lowest BCUT2D eigenvalue weighted by Gasteiger charge is -2.21. The van der Waals surface area contributed by atoms with E-state index in [1.165, 1.54) is 24.1 Å². The van der Waals surface area contributed by atoms with Gasteiger partial charge in [-0.05, 0) is 42.7 Å². The molecule has 1 fully saturated rings. The highest BCUT2D eigenvalue weighted by molar-refractivity contribution is 5.60. The zero-order chi connectivity index (χ0) is 14.5. The van der Waals surface area contributed by atoms with Crippen molar-refractivity contribution in [1.29, 1.82) is 0 Å². The summed E-state index contributed by atoms with van der Waals surface area (Å²) < 4.78 is 10.9. The molecule has 1 aliphatic rings. The monoisotopic (exact) mass is 286 g/mol. The number of benzene rings is 1. The van der Waals surface area contributed by atoms with Crippen LogP contribution >= 0.6 is 0 Å². The van der Waals surface area contributed by atoms with E-state index >= 15 is 0 Å². The van der Waals surface area contributed by atoms with Crippen LogP contribution in [-0.4, -0.2) is 20.2 Å². The molecule has 0 amide bonds. The fraction of sp³-hybridized carbons (Fsp3) is 0.412. The Kier molecular flexibility index (Phi) is 4.46. The maximum atomic E-state index is 5.56. The summed E-state index contributed by atoms with van der Waals surface area (Å²) >= 11 is 0. The van der Waals surface area contributed by atoms with E-state index in [9.17, 15) is 0 Å². The Hall–Kier alpha value is -1.94. The van der Waals surface area contributed by atoms with Crippen LogP contribution in [0.1, 0.15) is 24.2 Å². The lowest BCUT2D eigenvalue weighted by atomic mass is 10.1. The maximum absolute atomic E-state index is 5.56. The van der Waals surface area contributed by atoms with Crippen LogP contribution < -0.4 is 15.0 Å². The second kappa shape index (κ2) is 6.68. The summed E-state index contributed by atoms with van der Waals surface area (Å²) in [5.74, 6) is 1.92. The molecule has 1 aromatic carbocycles. The number of hydrogen-bond acceptors (Lipinski definition) is 4. The molecule has 4 heteroatoms. The van der Waals surface area contributed by atoms with Crippen molar-refractivity contribution in [3.05, 3.63) is 47.9 Å². The molecule has 1 aromatic heterocycles. The summed E-state index contributed by atoms with van der Waals surface area (Å²) in [7, 11) is 1.75. The molecule has 0 unspecified atom stereocenters. The van der Waals surface area contributed by atoms with E-state index < -0.39 is 0 Å². The van der Waals surface area contributed by atoms with Gasteiger partial charge in [0, 0.05) is 19.6 Å². The Morgan fingerprint density at radius 2 is 2.05 bits per heavy atom. The fourth-order valence-electron chi connectivity index (χ4n) is 2.79. The summed E-state index contributed by atoms with van der Waals surface area (Å²) in [6, 6.07) is 10.4. The fourth-order valence-corrected chi connectivity index (χ4v) is 2.79. The topological polar surface area (TPSA) is 37.6 Å². The standard InChI is InChI=1S/C17H22N2O2/c1-20-17-11-14(12-18-13-15-5-4-10-21-15)6-7-16(17)19-8-2-3-9-19/h4-7,10-11,18H,2-3,8-9,12-13H2,1H3. The first-order chi connectivity index (χ1) is 10.4. The Bertz CT molecular complexity index is 560. The Labute approximate surface area is 125 Å². The predicted octanol–water partition coefficient (Wildman–Crippen LogP) is 3.18.